The minimum atomic E-state index is -0.486. The van der Waals surface area contributed by atoms with E-state index >= 15 is 0 Å². The molecule has 1 aromatic rings. The fourth-order valence-corrected chi connectivity index (χ4v) is 2.38. The van der Waals surface area contributed by atoms with Gasteiger partial charge in [0.15, 0.2) is 0 Å². The van der Waals surface area contributed by atoms with Crippen LogP contribution in [0.5, 0.6) is 0 Å². The number of nitrogens with zero attached hydrogens (tertiary/aromatic N) is 3. The molecule has 1 aliphatic rings. The molecule has 1 N–H and O–H groups in total. The summed E-state index contributed by atoms with van der Waals surface area (Å²) in [4.78, 5) is 18.1. The predicted molar refractivity (Wildman–Crippen MR) is 83.4 cm³/mol. The smallest absolute Gasteiger partial charge is 0.410 e. The van der Waals surface area contributed by atoms with E-state index in [2.05, 4.69) is 16.4 Å². The van der Waals surface area contributed by atoms with Gasteiger partial charge in [0.05, 0.1) is 11.6 Å². The van der Waals surface area contributed by atoms with Crippen molar-refractivity contribution in [3.63, 3.8) is 0 Å². The quantitative estimate of drug-likeness (QED) is 0.908. The van der Waals surface area contributed by atoms with Crippen LogP contribution in [0.15, 0.2) is 18.3 Å². The van der Waals surface area contributed by atoms with Crippen molar-refractivity contribution in [3.8, 4) is 6.07 Å². The number of anilines is 1. The maximum absolute atomic E-state index is 12.1. The Bertz CT molecular complexity index is 574. The number of aromatic nitrogens is 1. The van der Waals surface area contributed by atoms with Crippen molar-refractivity contribution in [3.05, 3.63) is 23.9 Å². The zero-order valence-corrected chi connectivity index (χ0v) is 13.3. The van der Waals surface area contributed by atoms with E-state index < -0.39 is 5.60 Å². The molecule has 1 atom stereocenters. The molecule has 1 saturated heterocycles. The summed E-state index contributed by atoms with van der Waals surface area (Å²) in [6.07, 6.45) is 3.19. The first-order valence-electron chi connectivity index (χ1n) is 7.48. The van der Waals surface area contributed by atoms with E-state index in [-0.39, 0.29) is 12.1 Å². The van der Waals surface area contributed by atoms with Gasteiger partial charge in [0.2, 0.25) is 0 Å². The fourth-order valence-electron chi connectivity index (χ4n) is 2.38. The average molecular weight is 302 g/mol. The van der Waals surface area contributed by atoms with Crippen molar-refractivity contribution < 1.29 is 9.53 Å². The molecule has 1 amide bonds. The number of likely N-dealkylation sites (tertiary alicyclic amines) is 1. The Morgan fingerprint density at radius 1 is 1.55 bits per heavy atom. The topological polar surface area (TPSA) is 78.2 Å². The van der Waals surface area contributed by atoms with E-state index in [9.17, 15) is 4.79 Å². The Kier molecular flexibility index (Phi) is 4.86. The number of pyridine rings is 1. The van der Waals surface area contributed by atoms with Crippen molar-refractivity contribution in [1.29, 1.82) is 5.26 Å². The Hall–Kier alpha value is -2.29. The van der Waals surface area contributed by atoms with Crippen molar-refractivity contribution in [1.82, 2.24) is 9.88 Å². The van der Waals surface area contributed by atoms with Crippen LogP contribution in [-0.4, -0.2) is 40.7 Å². The van der Waals surface area contributed by atoms with Crippen molar-refractivity contribution >= 4 is 11.9 Å². The Morgan fingerprint density at radius 2 is 2.32 bits per heavy atom. The SMILES string of the molecule is CC(C)(C)OC(=O)N1CCC[C@@H](Nc2cc(C#N)ccn2)C1. The molecule has 2 rings (SSSR count). The molecule has 0 bridgehead atoms. The molecule has 0 aliphatic carbocycles. The highest BCUT2D eigenvalue weighted by atomic mass is 16.6. The molecule has 0 aromatic carbocycles. The maximum atomic E-state index is 12.1. The van der Waals surface area contributed by atoms with Crippen molar-refractivity contribution in [2.75, 3.05) is 18.4 Å². The van der Waals surface area contributed by atoms with Gasteiger partial charge in [0, 0.05) is 25.3 Å². The second-order valence-electron chi connectivity index (χ2n) is 6.45. The van der Waals surface area contributed by atoms with Gasteiger partial charge in [-0.3, -0.25) is 0 Å². The Balaban J connectivity index is 1.96. The van der Waals surface area contributed by atoms with E-state index in [0.717, 1.165) is 12.8 Å². The molecule has 22 heavy (non-hydrogen) atoms. The summed E-state index contributed by atoms with van der Waals surface area (Å²) in [6, 6.07) is 5.59. The Labute approximate surface area is 131 Å². The van der Waals surface area contributed by atoms with Gasteiger partial charge in [-0.05, 0) is 45.7 Å². The first-order valence-corrected chi connectivity index (χ1v) is 7.48. The minimum absolute atomic E-state index is 0.114. The number of rotatable bonds is 2. The standard InChI is InChI=1S/C16H22N4O2/c1-16(2,3)22-15(21)20-8-4-5-13(11-20)19-14-9-12(10-17)6-7-18-14/h6-7,9,13H,4-5,8,11H2,1-3H3,(H,18,19)/t13-/m1/s1. The third-order valence-electron chi connectivity index (χ3n) is 3.31. The number of hydrogen-bond acceptors (Lipinski definition) is 5. The first kappa shape index (κ1) is 16.1. The molecule has 1 aliphatic heterocycles. The summed E-state index contributed by atoms with van der Waals surface area (Å²) in [5, 5.41) is 12.2. The summed E-state index contributed by atoms with van der Waals surface area (Å²) in [5.74, 6) is 0.662. The summed E-state index contributed by atoms with van der Waals surface area (Å²) < 4.78 is 5.41. The lowest BCUT2D eigenvalue weighted by Crippen LogP contribution is -2.47. The molecule has 0 saturated carbocycles. The highest BCUT2D eigenvalue weighted by Gasteiger charge is 2.27. The summed E-state index contributed by atoms with van der Waals surface area (Å²) in [6.45, 7) is 6.87. The van der Waals surface area contributed by atoms with Crippen LogP contribution in [0.2, 0.25) is 0 Å². The fraction of sp³-hybridized carbons (Fsp3) is 0.562. The van der Waals surface area contributed by atoms with Gasteiger partial charge in [-0.2, -0.15) is 5.26 Å². The summed E-state index contributed by atoms with van der Waals surface area (Å²) in [7, 11) is 0. The van der Waals surface area contributed by atoms with E-state index in [0.29, 0.717) is 24.5 Å². The highest BCUT2D eigenvalue weighted by Crippen LogP contribution is 2.18. The third kappa shape index (κ3) is 4.62. The van der Waals surface area contributed by atoms with Gasteiger partial charge in [0.25, 0.3) is 0 Å². The normalized spacial score (nSPS) is 18.5. The molecule has 2 heterocycles. The van der Waals surface area contributed by atoms with E-state index in [1.54, 1.807) is 23.2 Å². The van der Waals surface area contributed by atoms with Crippen LogP contribution in [0, 0.1) is 11.3 Å². The van der Waals surface area contributed by atoms with Crippen molar-refractivity contribution in [2.45, 2.75) is 45.3 Å². The van der Waals surface area contributed by atoms with Crippen LogP contribution in [0.4, 0.5) is 10.6 Å². The van der Waals surface area contributed by atoms with Gasteiger partial charge in [-0.15, -0.1) is 0 Å². The van der Waals surface area contributed by atoms with Crippen LogP contribution in [0.3, 0.4) is 0 Å². The van der Waals surface area contributed by atoms with Crippen LogP contribution < -0.4 is 5.32 Å². The highest BCUT2D eigenvalue weighted by molar-refractivity contribution is 5.68. The molecular formula is C16H22N4O2. The van der Waals surface area contributed by atoms with Crippen molar-refractivity contribution in [2.24, 2.45) is 0 Å². The van der Waals surface area contributed by atoms with E-state index in [1.165, 1.54) is 0 Å². The predicted octanol–water partition coefficient (Wildman–Crippen LogP) is 2.76. The van der Waals surface area contributed by atoms with Gasteiger partial charge in [-0.1, -0.05) is 0 Å². The monoisotopic (exact) mass is 302 g/mol. The number of hydrogen-bond donors (Lipinski definition) is 1. The number of amides is 1. The number of carbonyl (C=O) groups is 1. The molecule has 0 unspecified atom stereocenters. The lowest BCUT2D eigenvalue weighted by Gasteiger charge is -2.34. The summed E-state index contributed by atoms with van der Waals surface area (Å²) >= 11 is 0. The number of carbonyl (C=O) groups excluding carboxylic acids is 1. The van der Waals surface area contributed by atoms with Gasteiger partial charge >= 0.3 is 6.09 Å². The van der Waals surface area contributed by atoms with Gasteiger partial charge in [-0.25, -0.2) is 9.78 Å². The molecule has 1 fully saturated rings. The number of nitriles is 1. The number of nitrogens with one attached hydrogen (secondary N) is 1. The van der Waals surface area contributed by atoms with Crippen LogP contribution in [0.1, 0.15) is 39.2 Å². The zero-order valence-electron chi connectivity index (χ0n) is 13.3. The third-order valence-corrected chi connectivity index (χ3v) is 3.31. The molecule has 6 nitrogen and oxygen atoms in total. The molecular weight excluding hydrogens is 280 g/mol. The lowest BCUT2D eigenvalue weighted by molar-refractivity contribution is 0.0206. The molecule has 118 valence electrons. The first-order chi connectivity index (χ1) is 10.4. The van der Waals surface area contributed by atoms with Crippen LogP contribution in [-0.2, 0) is 4.74 Å². The maximum Gasteiger partial charge on any atom is 0.410 e. The van der Waals surface area contributed by atoms with E-state index in [4.69, 9.17) is 10.00 Å². The molecule has 1 aromatic heterocycles. The van der Waals surface area contributed by atoms with E-state index in [1.807, 2.05) is 20.8 Å². The van der Waals surface area contributed by atoms with Crippen LogP contribution >= 0.6 is 0 Å². The number of piperidine rings is 1. The molecule has 6 heteroatoms. The summed E-state index contributed by atoms with van der Waals surface area (Å²) in [5.41, 5.74) is 0.0810. The molecule has 0 radical (unpaired) electrons. The number of ether oxygens (including phenoxy) is 1. The van der Waals surface area contributed by atoms with Crippen LogP contribution in [0.25, 0.3) is 0 Å². The largest absolute Gasteiger partial charge is 0.444 e. The average Bonchev–Trinajstić information content (AvgIpc) is 2.46. The minimum Gasteiger partial charge on any atom is -0.444 e. The second kappa shape index (κ2) is 6.65. The van der Waals surface area contributed by atoms with Gasteiger partial charge in [0.1, 0.15) is 11.4 Å². The molecule has 0 spiro atoms. The van der Waals surface area contributed by atoms with Gasteiger partial charge < -0.3 is 15.0 Å². The lowest BCUT2D eigenvalue weighted by atomic mass is 10.1. The Morgan fingerprint density at radius 3 is 3.00 bits per heavy atom. The zero-order chi connectivity index (χ0) is 16.2. The second-order valence-corrected chi connectivity index (χ2v) is 6.45.